The van der Waals surface area contributed by atoms with Crippen LogP contribution in [0.1, 0.15) is 39.5 Å². The van der Waals surface area contributed by atoms with Gasteiger partial charge in [0.05, 0.1) is 0 Å². The molecule has 0 radical (unpaired) electrons. The largest absolute Gasteiger partial charge is 0.476 e. The van der Waals surface area contributed by atoms with E-state index in [1.54, 1.807) is 0 Å². The van der Waals surface area contributed by atoms with Crippen LogP contribution < -0.4 is 0 Å². The van der Waals surface area contributed by atoms with Gasteiger partial charge in [0.1, 0.15) is 12.2 Å². The van der Waals surface area contributed by atoms with Gasteiger partial charge in [0.2, 0.25) is 5.71 Å². The van der Waals surface area contributed by atoms with E-state index < -0.39 is 17.5 Å². The smallest absolute Gasteiger partial charge is 0.361 e. The molecule has 106 valence electrons. The van der Waals surface area contributed by atoms with E-state index in [1.165, 1.54) is 6.92 Å². The number of aliphatic carboxylic acids is 1. The molecule has 0 aromatic rings. The van der Waals surface area contributed by atoms with E-state index in [0.717, 1.165) is 6.92 Å². The van der Waals surface area contributed by atoms with Crippen LogP contribution in [0.5, 0.6) is 0 Å². The number of hydrogen-bond donors (Lipinski definition) is 1. The second kappa shape index (κ2) is 6.86. The minimum Gasteiger partial charge on any atom is -0.476 e. The molecule has 0 aliphatic heterocycles. The molecule has 0 aromatic heterocycles. The maximum atomic E-state index is 11.0. The number of esters is 1. The fraction of sp³-hybridized carbons (Fsp3) is 0.667. The summed E-state index contributed by atoms with van der Waals surface area (Å²) in [6.45, 7) is 2.48. The summed E-state index contributed by atoms with van der Waals surface area (Å²) in [5.74, 6) is -2.37. The lowest BCUT2D eigenvalue weighted by atomic mass is 9.95. The first-order chi connectivity index (χ1) is 8.90. The Labute approximate surface area is 110 Å². The number of oxime groups is 1. The van der Waals surface area contributed by atoms with Crippen molar-refractivity contribution in [3.05, 3.63) is 0 Å². The monoisotopic (exact) mass is 271 g/mol. The normalized spacial score (nSPS) is 23.6. The van der Waals surface area contributed by atoms with Crippen molar-refractivity contribution in [3.63, 3.8) is 0 Å². The summed E-state index contributed by atoms with van der Waals surface area (Å²) < 4.78 is 5.06. The Morgan fingerprint density at radius 1 is 1.05 bits per heavy atom. The van der Waals surface area contributed by atoms with Crippen LogP contribution in [0.4, 0.5) is 0 Å². The molecule has 7 heteroatoms. The van der Waals surface area contributed by atoms with Gasteiger partial charge in [0, 0.05) is 13.8 Å². The third-order valence-corrected chi connectivity index (χ3v) is 2.78. The molecule has 1 saturated carbocycles. The molecule has 0 spiro atoms. The Hall–Kier alpha value is -1.92. The van der Waals surface area contributed by atoms with Gasteiger partial charge in [-0.15, -0.1) is 0 Å². The number of Topliss-reactive ketones (excluding diaryl/α,β-unsaturated/α-hetero) is 1. The zero-order valence-corrected chi connectivity index (χ0v) is 10.9. The van der Waals surface area contributed by atoms with Crippen LogP contribution in [-0.4, -0.2) is 40.7 Å². The van der Waals surface area contributed by atoms with Gasteiger partial charge in [-0.3, -0.25) is 9.59 Å². The Morgan fingerprint density at radius 3 is 2.00 bits per heavy atom. The van der Waals surface area contributed by atoms with Gasteiger partial charge in [-0.1, -0.05) is 5.16 Å². The Kier molecular flexibility index (Phi) is 5.47. The van der Waals surface area contributed by atoms with Crippen LogP contribution in [0.2, 0.25) is 0 Å². The second-order valence-electron chi connectivity index (χ2n) is 4.41. The van der Waals surface area contributed by atoms with E-state index in [4.69, 9.17) is 14.7 Å². The highest BCUT2D eigenvalue weighted by atomic mass is 16.6. The van der Waals surface area contributed by atoms with Gasteiger partial charge in [-0.25, -0.2) is 4.79 Å². The molecule has 0 heterocycles. The highest BCUT2D eigenvalue weighted by molar-refractivity contribution is 6.63. The third-order valence-electron chi connectivity index (χ3n) is 2.78. The summed E-state index contributed by atoms with van der Waals surface area (Å²) in [7, 11) is 0. The summed E-state index contributed by atoms with van der Waals surface area (Å²) >= 11 is 0. The predicted octanol–water partition coefficient (Wildman–Crippen LogP) is 0.907. The summed E-state index contributed by atoms with van der Waals surface area (Å²) in [5.41, 5.74) is -0.609. The molecule has 0 saturated heterocycles. The topological polar surface area (TPSA) is 102 Å². The average Bonchev–Trinajstić information content (AvgIpc) is 2.29. The molecule has 1 aliphatic rings. The van der Waals surface area contributed by atoms with E-state index in [1.807, 2.05) is 0 Å². The number of ether oxygens (including phenoxy) is 1. The first-order valence-electron chi connectivity index (χ1n) is 6.05. The van der Waals surface area contributed by atoms with Gasteiger partial charge < -0.3 is 14.7 Å². The molecule has 7 nitrogen and oxygen atoms in total. The molecule has 0 aromatic carbocycles. The lowest BCUT2D eigenvalue weighted by Gasteiger charge is -2.26. The number of carbonyl (C=O) groups excluding carboxylic acids is 2. The van der Waals surface area contributed by atoms with E-state index in [9.17, 15) is 14.4 Å². The van der Waals surface area contributed by atoms with E-state index in [2.05, 4.69) is 5.16 Å². The number of ketones is 1. The SMILES string of the molecule is CC(=O)OC1CCC(O/N=C(\C(C)=O)C(=O)O)CC1. The fourth-order valence-electron chi connectivity index (χ4n) is 1.87. The standard InChI is InChI=1S/C12H17NO6/c1-7(14)11(12(16)17)13-19-10-5-3-9(4-6-10)18-8(2)15/h9-10H,3-6H2,1-2H3,(H,16,17)/b13-11+. The molecule has 0 amide bonds. The molecule has 0 bridgehead atoms. The van der Waals surface area contributed by atoms with Crippen LogP contribution in [0.15, 0.2) is 5.16 Å². The van der Waals surface area contributed by atoms with Crippen molar-refractivity contribution < 1.29 is 29.1 Å². The number of nitrogens with zero attached hydrogens (tertiary/aromatic N) is 1. The molecule has 1 fully saturated rings. The fourth-order valence-corrected chi connectivity index (χ4v) is 1.87. The molecular formula is C12H17NO6. The van der Waals surface area contributed by atoms with Crippen LogP contribution in [0.25, 0.3) is 0 Å². The maximum Gasteiger partial charge on any atom is 0.361 e. The predicted molar refractivity (Wildman–Crippen MR) is 64.6 cm³/mol. The molecule has 1 aliphatic carbocycles. The lowest BCUT2D eigenvalue weighted by molar-refractivity contribution is -0.149. The molecule has 0 unspecified atom stereocenters. The highest BCUT2D eigenvalue weighted by Crippen LogP contribution is 2.23. The third kappa shape index (κ3) is 5.07. The van der Waals surface area contributed by atoms with Crippen molar-refractivity contribution in [3.8, 4) is 0 Å². The van der Waals surface area contributed by atoms with Crippen LogP contribution in [-0.2, 0) is 24.0 Å². The van der Waals surface area contributed by atoms with Crippen LogP contribution in [0.3, 0.4) is 0 Å². The summed E-state index contributed by atoms with van der Waals surface area (Å²) in [5, 5.41) is 12.1. The van der Waals surface area contributed by atoms with Crippen molar-refractivity contribution in [2.75, 3.05) is 0 Å². The molecule has 1 rings (SSSR count). The number of carbonyl (C=O) groups is 3. The van der Waals surface area contributed by atoms with Gasteiger partial charge in [-0.2, -0.15) is 0 Å². The van der Waals surface area contributed by atoms with Crippen molar-refractivity contribution in [1.82, 2.24) is 0 Å². The lowest BCUT2D eigenvalue weighted by Crippen LogP contribution is -2.28. The zero-order valence-electron chi connectivity index (χ0n) is 10.9. The second-order valence-corrected chi connectivity index (χ2v) is 4.41. The number of rotatable bonds is 5. The maximum absolute atomic E-state index is 11.0. The average molecular weight is 271 g/mol. The van der Waals surface area contributed by atoms with Crippen LogP contribution >= 0.6 is 0 Å². The van der Waals surface area contributed by atoms with Crippen molar-refractivity contribution in [2.45, 2.75) is 51.7 Å². The van der Waals surface area contributed by atoms with Crippen molar-refractivity contribution >= 4 is 23.4 Å². The van der Waals surface area contributed by atoms with Gasteiger partial charge in [-0.05, 0) is 25.7 Å². The first-order valence-corrected chi connectivity index (χ1v) is 6.05. The number of carboxylic acids is 1. The first kappa shape index (κ1) is 15.1. The highest BCUT2D eigenvalue weighted by Gasteiger charge is 2.25. The van der Waals surface area contributed by atoms with E-state index in [-0.39, 0.29) is 18.2 Å². The summed E-state index contributed by atoms with van der Waals surface area (Å²) in [6, 6.07) is 0. The number of hydrogen-bond acceptors (Lipinski definition) is 6. The van der Waals surface area contributed by atoms with Gasteiger partial charge in [0.25, 0.3) is 0 Å². The van der Waals surface area contributed by atoms with Gasteiger partial charge in [0.15, 0.2) is 5.78 Å². The summed E-state index contributed by atoms with van der Waals surface area (Å²) in [4.78, 5) is 37.5. The van der Waals surface area contributed by atoms with Crippen molar-refractivity contribution in [1.29, 1.82) is 0 Å². The Morgan fingerprint density at radius 2 is 1.58 bits per heavy atom. The minimum absolute atomic E-state index is 0.118. The Balaban J connectivity index is 2.44. The van der Waals surface area contributed by atoms with Gasteiger partial charge >= 0.3 is 11.9 Å². The Bertz CT molecular complexity index is 379. The van der Waals surface area contributed by atoms with E-state index >= 15 is 0 Å². The van der Waals surface area contributed by atoms with E-state index in [0.29, 0.717) is 25.7 Å². The zero-order chi connectivity index (χ0) is 14.4. The summed E-state index contributed by atoms with van der Waals surface area (Å²) in [6.07, 6.45) is 2.12. The quantitative estimate of drug-likeness (QED) is 0.345. The minimum atomic E-state index is -1.40. The molecule has 1 N–H and O–H groups in total. The molecule has 19 heavy (non-hydrogen) atoms. The molecule has 0 atom stereocenters. The van der Waals surface area contributed by atoms with Crippen LogP contribution in [0, 0.1) is 0 Å². The van der Waals surface area contributed by atoms with Crippen molar-refractivity contribution in [2.24, 2.45) is 5.16 Å². The molecular weight excluding hydrogens is 254 g/mol. The number of carboxylic acid groups (broad SMARTS) is 1.